The Labute approximate surface area is 112 Å². The maximum Gasteiger partial charge on any atom is 0.0766 e. The average molecular weight is 304 g/mol. The van der Waals surface area contributed by atoms with Gasteiger partial charge in [0.2, 0.25) is 0 Å². The van der Waals surface area contributed by atoms with Gasteiger partial charge < -0.3 is 10.5 Å². The molecule has 0 bridgehead atoms. The van der Waals surface area contributed by atoms with Crippen molar-refractivity contribution in [3.05, 3.63) is 15.9 Å². The molecule has 2 N–H and O–H groups in total. The quantitative estimate of drug-likeness (QED) is 0.876. The van der Waals surface area contributed by atoms with Gasteiger partial charge in [0.1, 0.15) is 0 Å². The van der Waals surface area contributed by atoms with Crippen LogP contribution in [0.5, 0.6) is 0 Å². The average Bonchev–Trinajstić information content (AvgIpc) is 2.65. The minimum absolute atomic E-state index is 0.0111. The van der Waals surface area contributed by atoms with E-state index >= 15 is 0 Å². The van der Waals surface area contributed by atoms with Gasteiger partial charge in [0.25, 0.3) is 0 Å². The van der Waals surface area contributed by atoms with Crippen LogP contribution in [-0.4, -0.2) is 29.0 Å². The van der Waals surface area contributed by atoms with E-state index in [0.29, 0.717) is 0 Å². The second-order valence-electron chi connectivity index (χ2n) is 4.19. The topological polar surface area (TPSA) is 53.1 Å². The molecule has 1 rings (SSSR count). The Kier molecular flexibility index (Phi) is 5.62. The predicted molar refractivity (Wildman–Crippen MR) is 73.1 cm³/mol. The fraction of sp³-hybridized carbons (Fsp3) is 0.750. The Balaban J connectivity index is 2.92. The van der Waals surface area contributed by atoms with E-state index in [-0.39, 0.29) is 12.1 Å². The largest absolute Gasteiger partial charge is 0.380 e. The maximum atomic E-state index is 6.12. The number of nitrogens with zero attached hydrogens (tertiary/aromatic N) is 2. The monoisotopic (exact) mass is 303 g/mol. The third-order valence-electron chi connectivity index (χ3n) is 3.10. The van der Waals surface area contributed by atoms with Crippen LogP contribution in [0.15, 0.2) is 4.47 Å². The molecule has 0 saturated heterocycles. The van der Waals surface area contributed by atoms with E-state index in [4.69, 9.17) is 10.5 Å². The number of halogens is 1. The summed E-state index contributed by atoms with van der Waals surface area (Å²) in [5.41, 5.74) is 8.38. The van der Waals surface area contributed by atoms with Crippen LogP contribution in [0, 0.1) is 0 Å². The normalized spacial score (nSPS) is 14.9. The summed E-state index contributed by atoms with van der Waals surface area (Å²) in [6.45, 7) is 7.05. The van der Waals surface area contributed by atoms with Crippen LogP contribution >= 0.6 is 15.9 Å². The number of hydrogen-bond donors (Lipinski definition) is 1. The second kappa shape index (κ2) is 6.52. The molecule has 0 aliphatic heterocycles. The summed E-state index contributed by atoms with van der Waals surface area (Å²) in [5, 5.41) is 4.56. The van der Waals surface area contributed by atoms with Gasteiger partial charge in [-0.05, 0) is 36.2 Å². The molecule has 98 valence electrons. The molecule has 0 spiro atoms. The summed E-state index contributed by atoms with van der Waals surface area (Å²) < 4.78 is 8.38. The molecule has 1 heterocycles. The van der Waals surface area contributed by atoms with Crippen molar-refractivity contribution in [3.8, 4) is 0 Å². The van der Waals surface area contributed by atoms with Gasteiger partial charge in [-0.2, -0.15) is 5.10 Å². The van der Waals surface area contributed by atoms with Gasteiger partial charge in [-0.3, -0.25) is 4.68 Å². The first-order valence-corrected chi connectivity index (χ1v) is 6.86. The van der Waals surface area contributed by atoms with Crippen LogP contribution in [-0.2, 0) is 24.1 Å². The Morgan fingerprint density at radius 1 is 1.47 bits per heavy atom. The second-order valence-corrected chi connectivity index (χ2v) is 4.98. The van der Waals surface area contributed by atoms with E-state index in [2.05, 4.69) is 34.9 Å². The SMILES string of the molecule is CCc1nn(CC)c(CC(N)C(C)OC)c1Br. The van der Waals surface area contributed by atoms with E-state index in [0.717, 1.165) is 29.6 Å². The zero-order valence-electron chi connectivity index (χ0n) is 11.0. The number of nitrogens with two attached hydrogens (primary N) is 1. The van der Waals surface area contributed by atoms with Crippen LogP contribution in [0.4, 0.5) is 0 Å². The van der Waals surface area contributed by atoms with Crippen molar-refractivity contribution in [2.75, 3.05) is 7.11 Å². The van der Waals surface area contributed by atoms with E-state index in [1.165, 1.54) is 5.69 Å². The first-order chi connectivity index (χ1) is 8.04. The number of ether oxygens (including phenoxy) is 1. The highest BCUT2D eigenvalue weighted by molar-refractivity contribution is 9.10. The van der Waals surface area contributed by atoms with Crippen LogP contribution in [0.3, 0.4) is 0 Å². The van der Waals surface area contributed by atoms with Crippen molar-refractivity contribution >= 4 is 15.9 Å². The highest BCUT2D eigenvalue weighted by Gasteiger charge is 2.19. The summed E-state index contributed by atoms with van der Waals surface area (Å²) in [5.74, 6) is 0. The molecule has 4 nitrogen and oxygen atoms in total. The van der Waals surface area contributed by atoms with Crippen LogP contribution in [0.2, 0.25) is 0 Å². The summed E-state index contributed by atoms with van der Waals surface area (Å²) in [6.07, 6.45) is 1.75. The molecule has 1 aromatic heterocycles. The number of rotatable bonds is 6. The van der Waals surface area contributed by atoms with Crippen LogP contribution < -0.4 is 5.73 Å². The minimum atomic E-state index is -0.0111. The van der Waals surface area contributed by atoms with Crippen molar-refractivity contribution in [3.63, 3.8) is 0 Å². The van der Waals surface area contributed by atoms with Gasteiger partial charge in [-0.15, -0.1) is 0 Å². The van der Waals surface area contributed by atoms with E-state index in [9.17, 15) is 0 Å². The summed E-state index contributed by atoms with van der Waals surface area (Å²) in [6, 6.07) is -0.0111. The van der Waals surface area contributed by atoms with Crippen LogP contribution in [0.1, 0.15) is 32.2 Å². The minimum Gasteiger partial charge on any atom is -0.380 e. The summed E-state index contributed by atoms with van der Waals surface area (Å²) in [7, 11) is 1.69. The molecule has 17 heavy (non-hydrogen) atoms. The molecule has 0 fully saturated rings. The Hall–Kier alpha value is -0.390. The molecular formula is C12H22BrN3O. The zero-order valence-corrected chi connectivity index (χ0v) is 12.6. The Bertz CT molecular complexity index is 365. The van der Waals surface area contributed by atoms with Crippen LogP contribution in [0.25, 0.3) is 0 Å². The van der Waals surface area contributed by atoms with Crippen molar-refractivity contribution < 1.29 is 4.74 Å². The standard InChI is InChI=1S/C12H22BrN3O/c1-5-10-12(13)11(16(6-2)15-10)7-9(14)8(3)17-4/h8-9H,5-7,14H2,1-4H3. The predicted octanol–water partition coefficient (Wildman–Crippen LogP) is 2.13. The van der Waals surface area contributed by atoms with E-state index in [1.807, 2.05) is 11.6 Å². The molecule has 0 aliphatic rings. The van der Waals surface area contributed by atoms with Gasteiger partial charge in [-0.25, -0.2) is 0 Å². The molecule has 0 saturated carbocycles. The smallest absolute Gasteiger partial charge is 0.0766 e. The lowest BCUT2D eigenvalue weighted by Crippen LogP contribution is -2.36. The van der Waals surface area contributed by atoms with Crippen molar-refractivity contribution in [2.45, 2.75) is 52.3 Å². The summed E-state index contributed by atoms with van der Waals surface area (Å²) in [4.78, 5) is 0. The Morgan fingerprint density at radius 2 is 2.12 bits per heavy atom. The lowest BCUT2D eigenvalue weighted by atomic mass is 10.1. The lowest BCUT2D eigenvalue weighted by Gasteiger charge is -2.19. The highest BCUT2D eigenvalue weighted by atomic mass is 79.9. The van der Waals surface area contributed by atoms with E-state index in [1.54, 1.807) is 7.11 Å². The number of aromatic nitrogens is 2. The van der Waals surface area contributed by atoms with Gasteiger partial charge in [0, 0.05) is 26.1 Å². The maximum absolute atomic E-state index is 6.12. The van der Waals surface area contributed by atoms with E-state index < -0.39 is 0 Å². The zero-order chi connectivity index (χ0) is 13.0. The molecule has 0 aromatic carbocycles. The number of hydrogen-bond acceptors (Lipinski definition) is 3. The fourth-order valence-corrected chi connectivity index (χ4v) is 2.50. The molecule has 2 atom stereocenters. The molecule has 0 amide bonds. The van der Waals surface area contributed by atoms with Gasteiger partial charge in [0.05, 0.1) is 22.0 Å². The molecular weight excluding hydrogens is 282 g/mol. The molecule has 5 heteroatoms. The highest BCUT2D eigenvalue weighted by Crippen LogP contribution is 2.23. The lowest BCUT2D eigenvalue weighted by molar-refractivity contribution is 0.0949. The van der Waals surface area contributed by atoms with Crippen molar-refractivity contribution in [2.24, 2.45) is 5.73 Å². The number of methoxy groups -OCH3 is 1. The summed E-state index contributed by atoms with van der Waals surface area (Å²) >= 11 is 3.62. The first-order valence-electron chi connectivity index (χ1n) is 6.07. The molecule has 0 aliphatic carbocycles. The molecule has 1 aromatic rings. The van der Waals surface area contributed by atoms with Gasteiger partial charge in [0.15, 0.2) is 0 Å². The van der Waals surface area contributed by atoms with Gasteiger partial charge >= 0.3 is 0 Å². The Morgan fingerprint density at radius 3 is 2.59 bits per heavy atom. The third-order valence-corrected chi connectivity index (χ3v) is 4.01. The molecule has 0 radical (unpaired) electrons. The van der Waals surface area contributed by atoms with Crippen molar-refractivity contribution in [1.29, 1.82) is 0 Å². The van der Waals surface area contributed by atoms with Crippen molar-refractivity contribution in [1.82, 2.24) is 9.78 Å². The first kappa shape index (κ1) is 14.7. The third kappa shape index (κ3) is 3.30. The molecule has 2 unspecified atom stereocenters. The fourth-order valence-electron chi connectivity index (χ4n) is 1.78. The van der Waals surface area contributed by atoms with Gasteiger partial charge in [-0.1, -0.05) is 6.92 Å². The number of aryl methyl sites for hydroxylation is 2.